The molecule has 80 valence electrons. The summed E-state index contributed by atoms with van der Waals surface area (Å²) in [5.41, 5.74) is 1.38. The van der Waals surface area contributed by atoms with E-state index in [1.807, 2.05) is 5.38 Å². The Labute approximate surface area is 106 Å². The van der Waals surface area contributed by atoms with Gasteiger partial charge in [-0.15, -0.1) is 11.3 Å². The first-order chi connectivity index (χ1) is 7.24. The quantitative estimate of drug-likeness (QED) is 0.923. The molecule has 0 spiro atoms. The number of nitrogens with zero attached hydrogens (tertiary/aromatic N) is 1. The molecule has 15 heavy (non-hydrogen) atoms. The van der Waals surface area contributed by atoms with Crippen LogP contribution in [0.3, 0.4) is 0 Å². The summed E-state index contributed by atoms with van der Waals surface area (Å²) in [6.07, 6.45) is 1.04. The molecule has 2 heterocycles. The molecule has 0 amide bonds. The van der Waals surface area contributed by atoms with E-state index in [2.05, 4.69) is 50.0 Å². The minimum absolute atomic E-state index is 0.414. The third-order valence-corrected chi connectivity index (χ3v) is 4.18. The number of hydrogen-bond acceptors (Lipinski definition) is 4. The van der Waals surface area contributed by atoms with Gasteiger partial charge in [-0.05, 0) is 51.7 Å². The Hall–Kier alpha value is -0.390. The van der Waals surface area contributed by atoms with Crippen LogP contribution in [-0.2, 0) is 6.42 Å². The molecule has 0 aromatic carbocycles. The van der Waals surface area contributed by atoms with Gasteiger partial charge < -0.3 is 5.32 Å². The lowest BCUT2D eigenvalue weighted by Gasteiger charge is -2.11. The normalized spacial score (nSPS) is 12.7. The molecule has 0 aliphatic carbocycles. The summed E-state index contributed by atoms with van der Waals surface area (Å²) < 4.78 is 0.901. The van der Waals surface area contributed by atoms with Crippen molar-refractivity contribution in [2.24, 2.45) is 0 Å². The van der Waals surface area contributed by atoms with Crippen molar-refractivity contribution in [2.75, 3.05) is 5.32 Å². The molecule has 0 aliphatic rings. The lowest BCUT2D eigenvalue weighted by Crippen LogP contribution is -2.17. The second kappa shape index (κ2) is 5.09. The second-order valence-electron chi connectivity index (χ2n) is 3.36. The third-order valence-electron chi connectivity index (χ3n) is 1.97. The summed E-state index contributed by atoms with van der Waals surface area (Å²) in [7, 11) is 0. The molecule has 2 nitrogen and oxygen atoms in total. The van der Waals surface area contributed by atoms with E-state index >= 15 is 0 Å². The van der Waals surface area contributed by atoms with Crippen LogP contribution in [0, 0.1) is 0 Å². The van der Waals surface area contributed by atoms with Crippen LogP contribution in [0.25, 0.3) is 0 Å². The molecule has 2 aromatic rings. The molecule has 0 bridgehead atoms. The predicted molar refractivity (Wildman–Crippen MR) is 70.9 cm³/mol. The van der Waals surface area contributed by atoms with Gasteiger partial charge in [0, 0.05) is 11.4 Å². The maximum Gasteiger partial charge on any atom is 0.183 e. The number of rotatable bonds is 4. The highest BCUT2D eigenvalue weighted by atomic mass is 79.9. The average Bonchev–Trinajstić information content (AvgIpc) is 2.77. The summed E-state index contributed by atoms with van der Waals surface area (Å²) >= 11 is 6.71. The average molecular weight is 303 g/mol. The van der Waals surface area contributed by atoms with E-state index < -0.39 is 0 Å². The lowest BCUT2D eigenvalue weighted by molar-refractivity contribution is 0.791. The van der Waals surface area contributed by atoms with Gasteiger partial charge in [-0.25, -0.2) is 4.98 Å². The van der Waals surface area contributed by atoms with Crippen LogP contribution in [-0.4, -0.2) is 11.0 Å². The molecule has 1 N–H and O–H groups in total. The van der Waals surface area contributed by atoms with Gasteiger partial charge >= 0.3 is 0 Å². The van der Waals surface area contributed by atoms with Gasteiger partial charge in [0.1, 0.15) is 4.60 Å². The number of nitrogens with one attached hydrogen (secondary N) is 1. The van der Waals surface area contributed by atoms with Crippen molar-refractivity contribution >= 4 is 43.7 Å². The Bertz CT molecular complexity index is 411. The largest absolute Gasteiger partial charge is 0.359 e. The fourth-order valence-electron chi connectivity index (χ4n) is 1.34. The van der Waals surface area contributed by atoms with E-state index in [4.69, 9.17) is 0 Å². The zero-order valence-corrected chi connectivity index (χ0v) is 11.5. The topological polar surface area (TPSA) is 24.9 Å². The molecule has 0 fully saturated rings. The molecule has 0 saturated heterocycles. The van der Waals surface area contributed by atoms with Crippen LogP contribution in [0.4, 0.5) is 5.13 Å². The van der Waals surface area contributed by atoms with Gasteiger partial charge in [0.2, 0.25) is 0 Å². The molecule has 0 radical (unpaired) electrons. The van der Waals surface area contributed by atoms with E-state index in [9.17, 15) is 0 Å². The molecule has 2 rings (SSSR count). The Morgan fingerprint density at radius 1 is 1.53 bits per heavy atom. The highest BCUT2D eigenvalue weighted by Gasteiger charge is 2.06. The molecule has 0 saturated carbocycles. The van der Waals surface area contributed by atoms with Crippen LogP contribution in [0.1, 0.15) is 12.5 Å². The SMILES string of the molecule is CC(Cc1ccsc1)Nc1nc(Br)cs1. The van der Waals surface area contributed by atoms with Gasteiger partial charge in [-0.1, -0.05) is 0 Å². The van der Waals surface area contributed by atoms with Crippen molar-refractivity contribution in [3.8, 4) is 0 Å². The van der Waals surface area contributed by atoms with Crippen molar-refractivity contribution in [3.05, 3.63) is 32.4 Å². The van der Waals surface area contributed by atoms with Gasteiger partial charge in [0.25, 0.3) is 0 Å². The van der Waals surface area contributed by atoms with Gasteiger partial charge in [0.15, 0.2) is 5.13 Å². The van der Waals surface area contributed by atoms with Gasteiger partial charge in [-0.3, -0.25) is 0 Å². The fourth-order valence-corrected chi connectivity index (χ4v) is 3.28. The zero-order chi connectivity index (χ0) is 10.7. The Morgan fingerprint density at radius 2 is 2.40 bits per heavy atom. The highest BCUT2D eigenvalue weighted by Crippen LogP contribution is 2.21. The summed E-state index contributed by atoms with van der Waals surface area (Å²) in [4.78, 5) is 4.31. The Kier molecular flexibility index (Phi) is 3.77. The fraction of sp³-hybridized carbons (Fsp3) is 0.300. The predicted octanol–water partition coefficient (Wildman–Crippen LogP) is 4.01. The van der Waals surface area contributed by atoms with E-state index in [-0.39, 0.29) is 0 Å². The van der Waals surface area contributed by atoms with Crippen molar-refractivity contribution in [1.29, 1.82) is 0 Å². The summed E-state index contributed by atoms with van der Waals surface area (Å²) in [5, 5.41) is 10.6. The van der Waals surface area contributed by atoms with Crippen molar-refractivity contribution < 1.29 is 0 Å². The molecular weight excluding hydrogens is 292 g/mol. The van der Waals surface area contributed by atoms with Crippen LogP contribution in [0.5, 0.6) is 0 Å². The van der Waals surface area contributed by atoms with Crippen LogP contribution in [0.2, 0.25) is 0 Å². The highest BCUT2D eigenvalue weighted by molar-refractivity contribution is 9.10. The van der Waals surface area contributed by atoms with E-state index in [0.29, 0.717) is 6.04 Å². The first-order valence-electron chi connectivity index (χ1n) is 4.62. The second-order valence-corrected chi connectivity index (χ2v) is 5.81. The third kappa shape index (κ3) is 3.29. The maximum atomic E-state index is 4.31. The smallest absolute Gasteiger partial charge is 0.183 e. The van der Waals surface area contributed by atoms with E-state index in [0.717, 1.165) is 16.2 Å². The summed E-state index contributed by atoms with van der Waals surface area (Å²) in [6, 6.07) is 2.58. The zero-order valence-electron chi connectivity index (χ0n) is 8.24. The maximum absolute atomic E-state index is 4.31. The van der Waals surface area contributed by atoms with E-state index in [1.165, 1.54) is 5.56 Å². The minimum atomic E-state index is 0.414. The van der Waals surface area contributed by atoms with Gasteiger partial charge in [0.05, 0.1) is 0 Å². The monoisotopic (exact) mass is 302 g/mol. The first-order valence-corrected chi connectivity index (χ1v) is 7.24. The van der Waals surface area contributed by atoms with Crippen molar-refractivity contribution in [3.63, 3.8) is 0 Å². The van der Waals surface area contributed by atoms with Gasteiger partial charge in [-0.2, -0.15) is 11.3 Å². The molecule has 2 aromatic heterocycles. The molecule has 5 heteroatoms. The molecular formula is C10H11BrN2S2. The van der Waals surface area contributed by atoms with Crippen LogP contribution >= 0.6 is 38.6 Å². The number of aromatic nitrogens is 1. The molecule has 1 unspecified atom stereocenters. The number of thiazole rings is 1. The van der Waals surface area contributed by atoms with E-state index in [1.54, 1.807) is 22.7 Å². The Balaban J connectivity index is 1.90. The summed E-state index contributed by atoms with van der Waals surface area (Å²) in [6.45, 7) is 2.17. The number of hydrogen-bond donors (Lipinski definition) is 1. The van der Waals surface area contributed by atoms with Crippen LogP contribution in [0.15, 0.2) is 26.8 Å². The Morgan fingerprint density at radius 3 is 3.00 bits per heavy atom. The minimum Gasteiger partial charge on any atom is -0.359 e. The van der Waals surface area contributed by atoms with Crippen LogP contribution < -0.4 is 5.32 Å². The van der Waals surface area contributed by atoms with Crippen molar-refractivity contribution in [1.82, 2.24) is 4.98 Å². The lowest BCUT2D eigenvalue weighted by atomic mass is 10.1. The first kappa shape index (κ1) is 11.1. The standard InChI is InChI=1S/C10H11BrN2S2/c1-7(4-8-2-3-14-5-8)12-10-13-9(11)6-15-10/h2-3,5-7H,4H2,1H3,(H,12,13). The number of halogens is 1. The summed E-state index contributed by atoms with van der Waals surface area (Å²) in [5.74, 6) is 0. The number of anilines is 1. The molecule has 1 atom stereocenters. The number of thiophene rings is 1. The molecule has 0 aliphatic heterocycles. The van der Waals surface area contributed by atoms with Crippen molar-refractivity contribution in [2.45, 2.75) is 19.4 Å².